The summed E-state index contributed by atoms with van der Waals surface area (Å²) in [5, 5.41) is -0.0499. The maximum Gasteiger partial charge on any atom is 0.340 e. The van der Waals surface area contributed by atoms with E-state index in [0.717, 1.165) is 12.1 Å². The second-order valence-corrected chi connectivity index (χ2v) is 5.66. The number of benzene rings is 1. The highest BCUT2D eigenvalue weighted by Gasteiger charge is 2.26. The van der Waals surface area contributed by atoms with E-state index in [1.807, 2.05) is 13.8 Å². The molecular formula is C15H17ClFNO4. The number of amides is 1. The van der Waals surface area contributed by atoms with Crippen LogP contribution in [0.3, 0.4) is 0 Å². The average molecular weight is 330 g/mol. The highest BCUT2D eigenvalue weighted by Crippen LogP contribution is 2.18. The Hall–Kier alpha value is -1.66. The Bertz CT molecular complexity index is 571. The fourth-order valence-electron chi connectivity index (χ4n) is 2.33. The molecule has 0 unspecified atom stereocenters. The van der Waals surface area contributed by atoms with E-state index in [1.54, 1.807) is 4.90 Å². The van der Waals surface area contributed by atoms with E-state index in [-0.39, 0.29) is 35.3 Å². The molecule has 1 saturated heterocycles. The number of hydrogen-bond donors (Lipinski definition) is 0. The lowest BCUT2D eigenvalue weighted by Gasteiger charge is -2.35. The van der Waals surface area contributed by atoms with Crippen molar-refractivity contribution in [2.45, 2.75) is 26.1 Å². The topological polar surface area (TPSA) is 55.8 Å². The largest absolute Gasteiger partial charge is 0.452 e. The lowest BCUT2D eigenvalue weighted by Crippen LogP contribution is -2.49. The molecule has 22 heavy (non-hydrogen) atoms. The first-order chi connectivity index (χ1) is 10.4. The molecule has 0 bridgehead atoms. The van der Waals surface area contributed by atoms with E-state index < -0.39 is 11.8 Å². The summed E-state index contributed by atoms with van der Waals surface area (Å²) in [4.78, 5) is 25.5. The predicted octanol–water partition coefficient (Wildman–Crippen LogP) is 2.27. The highest BCUT2D eigenvalue weighted by molar-refractivity contribution is 6.33. The highest BCUT2D eigenvalue weighted by atomic mass is 35.5. The summed E-state index contributed by atoms with van der Waals surface area (Å²) in [5.41, 5.74) is 0.0274. The molecule has 0 spiro atoms. The van der Waals surface area contributed by atoms with Gasteiger partial charge in [0, 0.05) is 13.1 Å². The standard InChI is InChI=1S/C15H17ClFNO4/c1-9-6-18(7-10(2)22-9)14(19)8-21-15(20)12-4-3-11(17)5-13(12)16/h3-5,9-10H,6-8H2,1-2H3/t9-,10-/m0/s1. The second-order valence-electron chi connectivity index (χ2n) is 5.26. The van der Waals surface area contributed by atoms with Crippen molar-refractivity contribution in [2.75, 3.05) is 19.7 Å². The fraction of sp³-hybridized carbons (Fsp3) is 0.467. The maximum absolute atomic E-state index is 12.9. The Labute approximate surface area is 132 Å². The number of esters is 1. The van der Waals surface area contributed by atoms with Crippen LogP contribution >= 0.6 is 11.6 Å². The number of ether oxygens (including phenoxy) is 2. The van der Waals surface area contributed by atoms with E-state index in [9.17, 15) is 14.0 Å². The van der Waals surface area contributed by atoms with Gasteiger partial charge in [0.2, 0.25) is 0 Å². The van der Waals surface area contributed by atoms with Crippen molar-refractivity contribution < 1.29 is 23.5 Å². The smallest absolute Gasteiger partial charge is 0.340 e. The Morgan fingerprint density at radius 2 is 2.00 bits per heavy atom. The van der Waals surface area contributed by atoms with Crippen LogP contribution in [-0.4, -0.2) is 48.7 Å². The van der Waals surface area contributed by atoms with Crippen LogP contribution in [-0.2, 0) is 14.3 Å². The van der Waals surface area contributed by atoms with Gasteiger partial charge in [-0.2, -0.15) is 0 Å². The summed E-state index contributed by atoms with van der Waals surface area (Å²) in [6.07, 6.45) is -0.120. The van der Waals surface area contributed by atoms with Gasteiger partial charge in [0.05, 0.1) is 22.8 Å². The predicted molar refractivity (Wildman–Crippen MR) is 78.3 cm³/mol. The van der Waals surface area contributed by atoms with Crippen LogP contribution in [0.4, 0.5) is 4.39 Å². The van der Waals surface area contributed by atoms with Crippen LogP contribution in [0.15, 0.2) is 18.2 Å². The number of hydrogen-bond acceptors (Lipinski definition) is 4. The molecule has 0 aromatic heterocycles. The average Bonchev–Trinajstić information content (AvgIpc) is 2.43. The first kappa shape index (κ1) is 16.7. The molecule has 1 aliphatic heterocycles. The van der Waals surface area contributed by atoms with Crippen molar-refractivity contribution in [3.63, 3.8) is 0 Å². The van der Waals surface area contributed by atoms with Gasteiger partial charge in [-0.1, -0.05) is 11.6 Å². The Balaban J connectivity index is 1.91. The molecule has 1 amide bonds. The fourth-order valence-corrected chi connectivity index (χ4v) is 2.58. The minimum absolute atomic E-state index is 0.0274. The monoisotopic (exact) mass is 329 g/mol. The molecule has 2 rings (SSSR count). The number of carbonyl (C=O) groups excluding carboxylic acids is 2. The van der Waals surface area contributed by atoms with Crippen LogP contribution < -0.4 is 0 Å². The molecule has 0 aliphatic carbocycles. The van der Waals surface area contributed by atoms with Gasteiger partial charge in [-0.15, -0.1) is 0 Å². The normalized spacial score (nSPS) is 21.5. The quantitative estimate of drug-likeness (QED) is 0.798. The molecule has 1 fully saturated rings. The van der Waals surface area contributed by atoms with Crippen LogP contribution in [0.1, 0.15) is 24.2 Å². The van der Waals surface area contributed by atoms with Crippen molar-refractivity contribution in [3.8, 4) is 0 Å². The van der Waals surface area contributed by atoms with Crippen LogP contribution in [0.25, 0.3) is 0 Å². The molecule has 0 radical (unpaired) electrons. The number of carbonyl (C=O) groups is 2. The van der Waals surface area contributed by atoms with Gasteiger partial charge in [0.25, 0.3) is 5.91 Å². The molecule has 7 heteroatoms. The third kappa shape index (κ3) is 4.18. The zero-order chi connectivity index (χ0) is 16.3. The zero-order valence-electron chi connectivity index (χ0n) is 12.3. The van der Waals surface area contributed by atoms with Crippen LogP contribution in [0, 0.1) is 5.82 Å². The zero-order valence-corrected chi connectivity index (χ0v) is 13.1. The Morgan fingerprint density at radius 3 is 2.59 bits per heavy atom. The molecule has 1 aromatic carbocycles. The molecule has 5 nitrogen and oxygen atoms in total. The van der Waals surface area contributed by atoms with Crippen molar-refractivity contribution in [3.05, 3.63) is 34.6 Å². The summed E-state index contributed by atoms with van der Waals surface area (Å²) >= 11 is 5.77. The summed E-state index contributed by atoms with van der Waals surface area (Å²) in [5.74, 6) is -1.60. The minimum atomic E-state index is -0.757. The molecule has 1 aliphatic rings. The van der Waals surface area contributed by atoms with E-state index >= 15 is 0 Å². The van der Waals surface area contributed by atoms with Gasteiger partial charge in [-0.3, -0.25) is 4.79 Å². The molecule has 1 aromatic rings. The van der Waals surface area contributed by atoms with E-state index in [0.29, 0.717) is 13.1 Å². The molecular weight excluding hydrogens is 313 g/mol. The number of nitrogens with zero attached hydrogens (tertiary/aromatic N) is 1. The van der Waals surface area contributed by atoms with Gasteiger partial charge >= 0.3 is 5.97 Å². The first-order valence-electron chi connectivity index (χ1n) is 6.92. The lowest BCUT2D eigenvalue weighted by molar-refractivity contribution is -0.146. The number of halogens is 2. The number of rotatable bonds is 3. The molecule has 0 N–H and O–H groups in total. The minimum Gasteiger partial charge on any atom is -0.452 e. The molecule has 120 valence electrons. The second kappa shape index (κ2) is 7.07. The summed E-state index contributed by atoms with van der Waals surface area (Å²) < 4.78 is 23.4. The molecule has 2 atom stereocenters. The van der Waals surface area contributed by atoms with E-state index in [2.05, 4.69) is 0 Å². The maximum atomic E-state index is 12.9. The lowest BCUT2D eigenvalue weighted by atomic mass is 10.2. The van der Waals surface area contributed by atoms with E-state index in [1.165, 1.54) is 6.07 Å². The van der Waals surface area contributed by atoms with E-state index in [4.69, 9.17) is 21.1 Å². The number of morpholine rings is 1. The van der Waals surface area contributed by atoms with Gasteiger partial charge in [-0.05, 0) is 32.0 Å². The summed E-state index contributed by atoms with van der Waals surface area (Å²) in [6, 6.07) is 3.35. The SMILES string of the molecule is C[C@H]1CN(C(=O)COC(=O)c2ccc(F)cc2Cl)C[C@H](C)O1. The third-order valence-corrected chi connectivity index (χ3v) is 3.56. The first-order valence-corrected chi connectivity index (χ1v) is 7.30. The van der Waals surface area contributed by atoms with Crippen molar-refractivity contribution in [1.82, 2.24) is 4.90 Å². The van der Waals surface area contributed by atoms with Crippen LogP contribution in [0.2, 0.25) is 5.02 Å². The molecule has 1 heterocycles. The van der Waals surface area contributed by atoms with Crippen molar-refractivity contribution in [2.24, 2.45) is 0 Å². The Morgan fingerprint density at radius 1 is 1.36 bits per heavy atom. The summed E-state index contributed by atoms with van der Waals surface area (Å²) in [7, 11) is 0. The van der Waals surface area contributed by atoms with Gasteiger partial charge < -0.3 is 14.4 Å². The van der Waals surface area contributed by atoms with Crippen molar-refractivity contribution in [1.29, 1.82) is 0 Å². The van der Waals surface area contributed by atoms with Crippen molar-refractivity contribution >= 4 is 23.5 Å². The van der Waals surface area contributed by atoms with Gasteiger partial charge in [0.15, 0.2) is 6.61 Å². The van der Waals surface area contributed by atoms with Gasteiger partial charge in [0.1, 0.15) is 5.82 Å². The Kier molecular flexibility index (Phi) is 5.37. The van der Waals surface area contributed by atoms with Crippen LogP contribution in [0.5, 0.6) is 0 Å². The molecule has 0 saturated carbocycles. The van der Waals surface area contributed by atoms with Gasteiger partial charge in [-0.25, -0.2) is 9.18 Å². The third-order valence-electron chi connectivity index (χ3n) is 3.25. The summed E-state index contributed by atoms with van der Waals surface area (Å²) in [6.45, 7) is 4.28.